The zero-order valence-corrected chi connectivity index (χ0v) is 17.3. The third kappa shape index (κ3) is 5.28. The van der Waals surface area contributed by atoms with E-state index in [2.05, 4.69) is 51.9 Å². The zero-order valence-electron chi connectivity index (χ0n) is 17.3. The molecule has 1 fully saturated rings. The van der Waals surface area contributed by atoms with Crippen molar-refractivity contribution < 1.29 is 10.1 Å². The summed E-state index contributed by atoms with van der Waals surface area (Å²) >= 11 is 0. The monoisotopic (exact) mass is 400 g/mol. The largest absolute Gasteiger partial charge is 0.372 e. The molecule has 4 rings (SSSR count). The third-order valence-electron chi connectivity index (χ3n) is 5.73. The Kier molecular flexibility index (Phi) is 6.78. The van der Waals surface area contributed by atoms with Crippen molar-refractivity contribution in [3.05, 3.63) is 96.1 Å². The SMILES string of the molecule is O=C(C[NH2+]C(c1ccccc1)c1ccccc1)Nc1ccc(N2CCCCC2)cc1. The number of nitrogens with one attached hydrogen (secondary N) is 1. The van der Waals surface area contributed by atoms with Crippen LogP contribution < -0.4 is 15.5 Å². The number of anilines is 2. The summed E-state index contributed by atoms with van der Waals surface area (Å²) in [5.74, 6) is 0.0117. The Morgan fingerprint density at radius 2 is 1.37 bits per heavy atom. The first-order valence-corrected chi connectivity index (χ1v) is 10.9. The molecule has 0 saturated carbocycles. The Balaban J connectivity index is 1.37. The number of amides is 1. The fourth-order valence-corrected chi connectivity index (χ4v) is 4.13. The van der Waals surface area contributed by atoms with Crippen LogP contribution in [0.25, 0.3) is 0 Å². The first-order valence-electron chi connectivity index (χ1n) is 10.9. The van der Waals surface area contributed by atoms with E-state index in [4.69, 9.17) is 0 Å². The Bertz CT molecular complexity index is 880. The summed E-state index contributed by atoms with van der Waals surface area (Å²) in [6.07, 6.45) is 3.85. The summed E-state index contributed by atoms with van der Waals surface area (Å²) in [5.41, 5.74) is 4.49. The van der Waals surface area contributed by atoms with Gasteiger partial charge in [-0.05, 0) is 43.5 Å². The van der Waals surface area contributed by atoms with Crippen LogP contribution in [0.5, 0.6) is 0 Å². The van der Waals surface area contributed by atoms with Crippen LogP contribution in [0.4, 0.5) is 11.4 Å². The predicted octanol–water partition coefficient (Wildman–Crippen LogP) is 3.97. The quantitative estimate of drug-likeness (QED) is 0.631. The normalized spacial score (nSPS) is 14.0. The Labute approximate surface area is 178 Å². The minimum Gasteiger partial charge on any atom is -0.372 e. The maximum absolute atomic E-state index is 12.6. The average molecular weight is 401 g/mol. The number of piperidine rings is 1. The summed E-state index contributed by atoms with van der Waals surface area (Å²) in [6, 6.07) is 29.0. The molecule has 1 heterocycles. The van der Waals surface area contributed by atoms with E-state index in [1.165, 1.54) is 36.1 Å². The number of quaternary nitrogens is 1. The lowest BCUT2D eigenvalue weighted by atomic mass is 9.99. The molecule has 1 aliphatic heterocycles. The molecule has 30 heavy (non-hydrogen) atoms. The van der Waals surface area contributed by atoms with Crippen LogP contribution in [-0.2, 0) is 4.79 Å². The van der Waals surface area contributed by atoms with Gasteiger partial charge in [-0.15, -0.1) is 0 Å². The van der Waals surface area contributed by atoms with Crippen molar-refractivity contribution in [1.29, 1.82) is 0 Å². The van der Waals surface area contributed by atoms with Crippen molar-refractivity contribution in [2.24, 2.45) is 0 Å². The molecule has 3 aromatic carbocycles. The first-order chi connectivity index (χ1) is 14.8. The molecule has 1 amide bonds. The van der Waals surface area contributed by atoms with Gasteiger partial charge in [-0.2, -0.15) is 0 Å². The molecule has 0 radical (unpaired) electrons. The van der Waals surface area contributed by atoms with E-state index in [9.17, 15) is 4.79 Å². The average Bonchev–Trinajstić information content (AvgIpc) is 2.82. The topological polar surface area (TPSA) is 49.0 Å². The van der Waals surface area contributed by atoms with E-state index in [1.54, 1.807) is 0 Å². The molecule has 0 bridgehead atoms. The minimum atomic E-state index is 0.0117. The van der Waals surface area contributed by atoms with Gasteiger partial charge in [-0.25, -0.2) is 0 Å². The molecule has 1 aliphatic rings. The summed E-state index contributed by atoms with van der Waals surface area (Å²) in [5, 5.41) is 5.14. The second kappa shape index (κ2) is 10.1. The van der Waals surface area contributed by atoms with Gasteiger partial charge >= 0.3 is 0 Å². The molecule has 1 saturated heterocycles. The van der Waals surface area contributed by atoms with E-state index >= 15 is 0 Å². The smallest absolute Gasteiger partial charge is 0.279 e. The molecule has 154 valence electrons. The molecule has 0 aromatic heterocycles. The Morgan fingerprint density at radius 3 is 1.93 bits per heavy atom. The van der Waals surface area contributed by atoms with Gasteiger partial charge in [0.2, 0.25) is 0 Å². The standard InChI is InChI=1S/C26H29N3O/c30-25(28-23-14-16-24(17-15-23)29-18-8-3-9-19-29)20-27-26(21-10-4-1-5-11-21)22-12-6-2-7-13-22/h1-2,4-7,10-17,26-27H,3,8-9,18-20H2,(H,28,30)/p+1. The van der Waals surface area contributed by atoms with E-state index in [-0.39, 0.29) is 11.9 Å². The van der Waals surface area contributed by atoms with Crippen molar-refractivity contribution in [3.8, 4) is 0 Å². The van der Waals surface area contributed by atoms with Crippen molar-refractivity contribution in [2.45, 2.75) is 25.3 Å². The van der Waals surface area contributed by atoms with Crippen LogP contribution in [0.15, 0.2) is 84.9 Å². The number of rotatable bonds is 7. The van der Waals surface area contributed by atoms with Crippen LogP contribution in [0.3, 0.4) is 0 Å². The van der Waals surface area contributed by atoms with E-state index in [0.717, 1.165) is 18.8 Å². The highest BCUT2D eigenvalue weighted by Gasteiger charge is 2.18. The second-order valence-electron chi connectivity index (χ2n) is 7.88. The predicted molar refractivity (Wildman–Crippen MR) is 123 cm³/mol. The van der Waals surface area contributed by atoms with Gasteiger partial charge in [0.15, 0.2) is 6.54 Å². The number of benzene rings is 3. The fraction of sp³-hybridized carbons (Fsp3) is 0.269. The van der Waals surface area contributed by atoms with E-state index in [0.29, 0.717) is 6.54 Å². The highest BCUT2D eigenvalue weighted by Crippen LogP contribution is 2.22. The minimum absolute atomic E-state index is 0.0117. The lowest BCUT2D eigenvalue weighted by Crippen LogP contribution is -2.87. The van der Waals surface area contributed by atoms with E-state index in [1.807, 2.05) is 48.5 Å². The molecule has 0 aliphatic carbocycles. The van der Waals surface area contributed by atoms with Gasteiger partial charge in [0.05, 0.1) is 0 Å². The maximum atomic E-state index is 12.6. The molecule has 4 heteroatoms. The van der Waals surface area contributed by atoms with Gasteiger partial charge in [0.1, 0.15) is 6.04 Å². The Hall–Kier alpha value is -3.11. The van der Waals surface area contributed by atoms with Crippen molar-refractivity contribution in [1.82, 2.24) is 0 Å². The number of carbonyl (C=O) groups is 1. The van der Waals surface area contributed by atoms with Gasteiger partial charge < -0.3 is 15.5 Å². The number of nitrogens with zero attached hydrogens (tertiary/aromatic N) is 1. The van der Waals surface area contributed by atoms with Crippen molar-refractivity contribution in [2.75, 3.05) is 29.9 Å². The first kappa shape index (κ1) is 20.2. The van der Waals surface area contributed by atoms with Gasteiger partial charge in [-0.3, -0.25) is 4.79 Å². The molecule has 3 aromatic rings. The Morgan fingerprint density at radius 1 is 0.800 bits per heavy atom. The number of hydrogen-bond acceptors (Lipinski definition) is 2. The maximum Gasteiger partial charge on any atom is 0.279 e. The molecule has 0 atom stereocenters. The van der Waals surface area contributed by atoms with Crippen LogP contribution in [0.1, 0.15) is 36.4 Å². The molecular weight excluding hydrogens is 370 g/mol. The van der Waals surface area contributed by atoms with Gasteiger partial charge in [0.25, 0.3) is 5.91 Å². The fourth-order valence-electron chi connectivity index (χ4n) is 4.13. The molecule has 0 spiro atoms. The molecule has 0 unspecified atom stereocenters. The molecular formula is C26H30N3O+. The molecule has 3 N–H and O–H groups in total. The van der Waals surface area contributed by atoms with Crippen molar-refractivity contribution in [3.63, 3.8) is 0 Å². The number of hydrogen-bond donors (Lipinski definition) is 2. The second-order valence-corrected chi connectivity index (χ2v) is 7.88. The zero-order chi connectivity index (χ0) is 20.6. The van der Waals surface area contributed by atoms with Gasteiger partial charge in [0, 0.05) is 35.6 Å². The van der Waals surface area contributed by atoms with Crippen LogP contribution in [-0.4, -0.2) is 25.5 Å². The van der Waals surface area contributed by atoms with Crippen LogP contribution in [0.2, 0.25) is 0 Å². The lowest BCUT2D eigenvalue weighted by molar-refractivity contribution is -0.676. The number of nitrogens with two attached hydrogens (primary N) is 1. The summed E-state index contributed by atoms with van der Waals surface area (Å²) in [7, 11) is 0. The van der Waals surface area contributed by atoms with Gasteiger partial charge in [-0.1, -0.05) is 60.7 Å². The molecule has 4 nitrogen and oxygen atoms in total. The summed E-state index contributed by atoms with van der Waals surface area (Å²) in [4.78, 5) is 15.0. The third-order valence-corrected chi connectivity index (χ3v) is 5.73. The van der Waals surface area contributed by atoms with Crippen LogP contribution >= 0.6 is 0 Å². The highest BCUT2D eigenvalue weighted by atomic mass is 16.1. The lowest BCUT2D eigenvalue weighted by Gasteiger charge is -2.28. The van der Waals surface area contributed by atoms with Crippen LogP contribution in [0, 0.1) is 0 Å². The highest BCUT2D eigenvalue weighted by molar-refractivity contribution is 5.91. The van der Waals surface area contributed by atoms with E-state index < -0.39 is 0 Å². The summed E-state index contributed by atoms with van der Waals surface area (Å²) in [6.45, 7) is 2.62. The van der Waals surface area contributed by atoms with Crippen molar-refractivity contribution >= 4 is 17.3 Å². The number of carbonyl (C=O) groups excluding carboxylic acids is 1. The summed E-state index contributed by atoms with van der Waals surface area (Å²) < 4.78 is 0.